The molecular weight excluding hydrogens is 194 g/mol. The highest BCUT2D eigenvalue weighted by Gasteiger charge is 2.50. The van der Waals surface area contributed by atoms with Crippen LogP contribution in [0.1, 0.15) is 59.3 Å². The number of rotatable bonds is 6. The standard InChI is InChI=1S/C15H29N/c1-4-12(3)9-15(11-16-5-2)10-13-6-7-14(15)8-13/h12-14,16H,4-11H2,1-3H3. The summed E-state index contributed by atoms with van der Waals surface area (Å²) in [5, 5.41) is 3.65. The van der Waals surface area contributed by atoms with E-state index < -0.39 is 0 Å². The first-order chi connectivity index (χ1) is 7.70. The third-order valence-electron chi connectivity index (χ3n) is 5.28. The summed E-state index contributed by atoms with van der Waals surface area (Å²) in [7, 11) is 0. The lowest BCUT2D eigenvalue weighted by Gasteiger charge is -2.40. The summed E-state index contributed by atoms with van der Waals surface area (Å²) in [6.07, 6.45) is 8.94. The monoisotopic (exact) mass is 223 g/mol. The van der Waals surface area contributed by atoms with Gasteiger partial charge in [-0.2, -0.15) is 0 Å². The highest BCUT2D eigenvalue weighted by Crippen LogP contribution is 2.58. The molecule has 2 aliphatic rings. The quantitative estimate of drug-likeness (QED) is 0.721. The van der Waals surface area contributed by atoms with Crippen molar-refractivity contribution in [2.24, 2.45) is 23.2 Å². The van der Waals surface area contributed by atoms with Gasteiger partial charge in [0.2, 0.25) is 0 Å². The molecule has 94 valence electrons. The van der Waals surface area contributed by atoms with Crippen molar-refractivity contribution < 1.29 is 0 Å². The average Bonchev–Trinajstić information content (AvgIpc) is 2.86. The highest BCUT2D eigenvalue weighted by molar-refractivity contribution is 5.01. The maximum Gasteiger partial charge on any atom is 0.00106 e. The molecule has 1 N–H and O–H groups in total. The molecule has 4 unspecified atom stereocenters. The largest absolute Gasteiger partial charge is 0.316 e. The molecule has 0 aromatic rings. The van der Waals surface area contributed by atoms with Gasteiger partial charge in [-0.05, 0) is 55.4 Å². The molecule has 2 saturated carbocycles. The third-order valence-corrected chi connectivity index (χ3v) is 5.28. The molecule has 0 heterocycles. The predicted molar refractivity (Wildman–Crippen MR) is 70.5 cm³/mol. The smallest absolute Gasteiger partial charge is 0.00106 e. The van der Waals surface area contributed by atoms with E-state index in [1.807, 2.05) is 0 Å². The Bertz CT molecular complexity index is 225. The van der Waals surface area contributed by atoms with Crippen molar-refractivity contribution in [3.8, 4) is 0 Å². The molecule has 4 atom stereocenters. The van der Waals surface area contributed by atoms with Gasteiger partial charge in [-0.15, -0.1) is 0 Å². The Balaban J connectivity index is 2.01. The maximum atomic E-state index is 3.65. The van der Waals surface area contributed by atoms with E-state index in [0.717, 1.165) is 24.3 Å². The number of hydrogen-bond acceptors (Lipinski definition) is 1. The van der Waals surface area contributed by atoms with Crippen molar-refractivity contribution in [2.45, 2.75) is 59.3 Å². The normalized spacial score (nSPS) is 39.2. The second-order valence-corrected chi connectivity index (χ2v) is 6.44. The van der Waals surface area contributed by atoms with Crippen LogP contribution < -0.4 is 5.32 Å². The van der Waals surface area contributed by atoms with Gasteiger partial charge in [0.15, 0.2) is 0 Å². The lowest BCUT2D eigenvalue weighted by molar-refractivity contribution is 0.119. The summed E-state index contributed by atoms with van der Waals surface area (Å²) in [6, 6.07) is 0. The van der Waals surface area contributed by atoms with Gasteiger partial charge in [0.05, 0.1) is 0 Å². The van der Waals surface area contributed by atoms with Crippen molar-refractivity contribution in [3.63, 3.8) is 0 Å². The second-order valence-electron chi connectivity index (χ2n) is 6.44. The SMILES string of the molecule is CCNCC1(CC(C)CC)CC2CCC1C2. The topological polar surface area (TPSA) is 12.0 Å². The number of fused-ring (bicyclic) bond motifs is 2. The lowest BCUT2D eigenvalue weighted by atomic mass is 9.68. The van der Waals surface area contributed by atoms with Gasteiger partial charge in [0.1, 0.15) is 0 Å². The van der Waals surface area contributed by atoms with E-state index in [-0.39, 0.29) is 0 Å². The molecule has 1 nitrogen and oxygen atoms in total. The summed E-state index contributed by atoms with van der Waals surface area (Å²) in [6.45, 7) is 9.46. The fourth-order valence-corrected chi connectivity index (χ4v) is 4.31. The Labute approximate surface area is 101 Å². The minimum absolute atomic E-state index is 0.675. The van der Waals surface area contributed by atoms with Crippen LogP contribution in [0.3, 0.4) is 0 Å². The van der Waals surface area contributed by atoms with Crippen LogP contribution in [0.4, 0.5) is 0 Å². The van der Waals surface area contributed by atoms with Crippen molar-refractivity contribution in [3.05, 3.63) is 0 Å². The Morgan fingerprint density at radius 3 is 2.62 bits per heavy atom. The fraction of sp³-hybridized carbons (Fsp3) is 1.00. The van der Waals surface area contributed by atoms with Gasteiger partial charge >= 0.3 is 0 Å². The molecule has 0 saturated heterocycles. The van der Waals surface area contributed by atoms with Crippen LogP contribution in [0, 0.1) is 23.2 Å². The Hall–Kier alpha value is -0.0400. The van der Waals surface area contributed by atoms with Crippen LogP contribution in [0.2, 0.25) is 0 Å². The van der Waals surface area contributed by atoms with E-state index in [4.69, 9.17) is 0 Å². The first kappa shape index (κ1) is 12.4. The first-order valence-electron chi connectivity index (χ1n) is 7.41. The van der Waals surface area contributed by atoms with Crippen molar-refractivity contribution >= 4 is 0 Å². The molecule has 2 rings (SSSR count). The molecule has 16 heavy (non-hydrogen) atoms. The molecule has 0 aliphatic heterocycles. The van der Waals surface area contributed by atoms with E-state index in [1.54, 1.807) is 6.42 Å². The van der Waals surface area contributed by atoms with Gasteiger partial charge in [0.25, 0.3) is 0 Å². The zero-order valence-electron chi connectivity index (χ0n) is 11.4. The molecule has 0 amide bonds. The first-order valence-corrected chi connectivity index (χ1v) is 7.41. The maximum absolute atomic E-state index is 3.65. The molecule has 2 bridgehead atoms. The van der Waals surface area contributed by atoms with Gasteiger partial charge in [0, 0.05) is 6.54 Å². The number of hydrogen-bond donors (Lipinski definition) is 1. The summed E-state index contributed by atoms with van der Waals surface area (Å²) >= 11 is 0. The van der Waals surface area contributed by atoms with Gasteiger partial charge in [-0.3, -0.25) is 0 Å². The van der Waals surface area contributed by atoms with Gasteiger partial charge in [-0.1, -0.05) is 33.6 Å². The highest BCUT2D eigenvalue weighted by atomic mass is 14.9. The fourth-order valence-electron chi connectivity index (χ4n) is 4.31. The zero-order valence-corrected chi connectivity index (χ0v) is 11.4. The van der Waals surface area contributed by atoms with Crippen LogP contribution in [-0.4, -0.2) is 13.1 Å². The molecule has 1 heteroatoms. The summed E-state index contributed by atoms with van der Waals surface area (Å²) < 4.78 is 0. The van der Waals surface area contributed by atoms with E-state index in [9.17, 15) is 0 Å². The van der Waals surface area contributed by atoms with E-state index in [0.29, 0.717) is 5.41 Å². The Morgan fingerprint density at radius 1 is 1.31 bits per heavy atom. The van der Waals surface area contributed by atoms with Crippen LogP contribution in [0.15, 0.2) is 0 Å². The number of nitrogens with one attached hydrogen (secondary N) is 1. The summed E-state index contributed by atoms with van der Waals surface area (Å²) in [4.78, 5) is 0. The predicted octanol–water partition coefficient (Wildman–Crippen LogP) is 3.84. The molecule has 0 radical (unpaired) electrons. The molecule has 2 fully saturated rings. The third kappa shape index (κ3) is 2.30. The van der Waals surface area contributed by atoms with Crippen molar-refractivity contribution in [1.29, 1.82) is 0 Å². The van der Waals surface area contributed by atoms with Crippen LogP contribution >= 0.6 is 0 Å². The lowest BCUT2D eigenvalue weighted by Crippen LogP contribution is -2.40. The van der Waals surface area contributed by atoms with Gasteiger partial charge < -0.3 is 5.32 Å². The van der Waals surface area contributed by atoms with E-state index in [1.165, 1.54) is 38.6 Å². The average molecular weight is 223 g/mol. The second kappa shape index (κ2) is 5.08. The Kier molecular flexibility index (Phi) is 3.94. The van der Waals surface area contributed by atoms with Crippen LogP contribution in [0.25, 0.3) is 0 Å². The van der Waals surface area contributed by atoms with Crippen molar-refractivity contribution in [1.82, 2.24) is 5.32 Å². The summed E-state index contributed by atoms with van der Waals surface area (Å²) in [5.74, 6) is 3.04. The van der Waals surface area contributed by atoms with Crippen molar-refractivity contribution in [2.75, 3.05) is 13.1 Å². The molecule has 0 aromatic carbocycles. The van der Waals surface area contributed by atoms with Gasteiger partial charge in [-0.25, -0.2) is 0 Å². The minimum atomic E-state index is 0.675. The molecule has 2 aliphatic carbocycles. The molecule has 0 spiro atoms. The Morgan fingerprint density at radius 2 is 2.12 bits per heavy atom. The van der Waals surface area contributed by atoms with E-state index in [2.05, 4.69) is 26.1 Å². The van der Waals surface area contributed by atoms with E-state index >= 15 is 0 Å². The summed E-state index contributed by atoms with van der Waals surface area (Å²) in [5.41, 5.74) is 0.675. The zero-order chi connectivity index (χ0) is 11.6. The minimum Gasteiger partial charge on any atom is -0.316 e. The molecular formula is C15H29N. The van der Waals surface area contributed by atoms with Crippen LogP contribution in [0.5, 0.6) is 0 Å². The molecule has 0 aromatic heterocycles. The van der Waals surface area contributed by atoms with Crippen LogP contribution in [-0.2, 0) is 0 Å².